The first kappa shape index (κ1) is 12.7. The van der Waals surface area contributed by atoms with Gasteiger partial charge in [-0.25, -0.2) is 4.79 Å². The summed E-state index contributed by atoms with van der Waals surface area (Å²) in [6.07, 6.45) is 0. The number of aryl methyl sites for hydroxylation is 2. The number of carboxylic acids is 1. The van der Waals surface area contributed by atoms with Crippen LogP contribution in [0, 0.1) is 13.8 Å². The highest BCUT2D eigenvalue weighted by Gasteiger charge is 2.11. The zero-order valence-corrected chi connectivity index (χ0v) is 11.1. The summed E-state index contributed by atoms with van der Waals surface area (Å²) in [5.74, 6) is -0.883. The molecule has 0 aromatic heterocycles. The van der Waals surface area contributed by atoms with Gasteiger partial charge in [-0.2, -0.15) is 0 Å². The molecular weight excluding hydrogens is 244 g/mol. The minimum absolute atomic E-state index is 0.355. The number of hydrogen-bond acceptors (Lipinski definition) is 2. The van der Waals surface area contributed by atoms with Crippen LogP contribution in [-0.2, 0) is 0 Å². The predicted octanol–water partition coefficient (Wildman–Crippen LogP) is 4.15. The number of benzene rings is 2. The molecule has 0 unspecified atom stereocenters. The van der Waals surface area contributed by atoms with Crippen molar-refractivity contribution in [2.75, 3.05) is 0 Å². The van der Waals surface area contributed by atoms with Crippen molar-refractivity contribution in [2.45, 2.75) is 23.6 Å². The molecule has 0 spiro atoms. The molecule has 0 fully saturated rings. The monoisotopic (exact) mass is 258 g/mol. The average Bonchev–Trinajstić information content (AvgIpc) is 2.32. The summed E-state index contributed by atoms with van der Waals surface area (Å²) in [5, 5.41) is 9.19. The fourth-order valence-corrected chi connectivity index (χ4v) is 2.80. The van der Waals surface area contributed by atoms with Crippen molar-refractivity contribution in [1.29, 1.82) is 0 Å². The second kappa shape index (κ2) is 5.27. The van der Waals surface area contributed by atoms with Crippen LogP contribution < -0.4 is 0 Å². The molecule has 0 aliphatic carbocycles. The van der Waals surface area contributed by atoms with Crippen molar-refractivity contribution >= 4 is 17.7 Å². The van der Waals surface area contributed by atoms with Gasteiger partial charge in [-0.1, -0.05) is 36.0 Å². The maximum atomic E-state index is 11.2. The smallest absolute Gasteiger partial charge is 0.336 e. The highest BCUT2D eigenvalue weighted by atomic mass is 32.2. The summed E-state index contributed by atoms with van der Waals surface area (Å²) in [5.41, 5.74) is 2.57. The van der Waals surface area contributed by atoms with E-state index in [1.165, 1.54) is 11.8 Å². The Bertz CT molecular complexity index is 591. The van der Waals surface area contributed by atoms with Crippen LogP contribution in [0.15, 0.2) is 52.3 Å². The van der Waals surface area contributed by atoms with Crippen LogP contribution in [0.3, 0.4) is 0 Å². The van der Waals surface area contributed by atoms with Gasteiger partial charge >= 0.3 is 5.97 Å². The molecule has 92 valence electrons. The molecule has 0 aliphatic heterocycles. The van der Waals surface area contributed by atoms with Gasteiger partial charge in [0, 0.05) is 9.79 Å². The molecule has 2 aromatic carbocycles. The largest absolute Gasteiger partial charge is 0.478 e. The Kier molecular flexibility index (Phi) is 3.72. The van der Waals surface area contributed by atoms with E-state index in [-0.39, 0.29) is 0 Å². The SMILES string of the molecule is Cc1ccc(C(=O)O)c(Sc2ccccc2C)c1. The molecule has 0 heterocycles. The molecule has 2 aromatic rings. The lowest BCUT2D eigenvalue weighted by Gasteiger charge is -2.09. The molecule has 1 N–H and O–H groups in total. The summed E-state index contributed by atoms with van der Waals surface area (Å²) < 4.78 is 0. The van der Waals surface area contributed by atoms with Gasteiger partial charge in [0.2, 0.25) is 0 Å². The van der Waals surface area contributed by atoms with Crippen LogP contribution in [0.4, 0.5) is 0 Å². The van der Waals surface area contributed by atoms with E-state index >= 15 is 0 Å². The molecular formula is C15H14O2S. The maximum absolute atomic E-state index is 11.2. The molecule has 0 saturated carbocycles. The average molecular weight is 258 g/mol. The first-order chi connectivity index (χ1) is 8.58. The lowest BCUT2D eigenvalue weighted by atomic mass is 10.1. The minimum atomic E-state index is -0.883. The van der Waals surface area contributed by atoms with Gasteiger partial charge in [0.05, 0.1) is 5.56 Å². The molecule has 0 saturated heterocycles. The van der Waals surface area contributed by atoms with Gasteiger partial charge in [-0.15, -0.1) is 0 Å². The molecule has 0 radical (unpaired) electrons. The lowest BCUT2D eigenvalue weighted by molar-refractivity contribution is 0.0693. The zero-order chi connectivity index (χ0) is 13.1. The van der Waals surface area contributed by atoms with E-state index in [0.717, 1.165) is 20.9 Å². The molecule has 0 aliphatic rings. The topological polar surface area (TPSA) is 37.3 Å². The molecule has 0 amide bonds. The Hall–Kier alpha value is -1.74. The van der Waals surface area contributed by atoms with Crippen molar-refractivity contribution in [3.05, 3.63) is 59.2 Å². The van der Waals surface area contributed by atoms with Crippen LogP contribution in [0.1, 0.15) is 21.5 Å². The van der Waals surface area contributed by atoms with Crippen LogP contribution in [0.5, 0.6) is 0 Å². The molecule has 0 bridgehead atoms. The number of carbonyl (C=O) groups is 1. The van der Waals surface area contributed by atoms with Crippen molar-refractivity contribution < 1.29 is 9.90 Å². The van der Waals surface area contributed by atoms with E-state index in [0.29, 0.717) is 5.56 Å². The first-order valence-corrected chi connectivity index (χ1v) is 6.47. The lowest BCUT2D eigenvalue weighted by Crippen LogP contribution is -1.99. The highest BCUT2D eigenvalue weighted by molar-refractivity contribution is 7.99. The van der Waals surface area contributed by atoms with Crippen molar-refractivity contribution in [3.63, 3.8) is 0 Å². The van der Waals surface area contributed by atoms with E-state index < -0.39 is 5.97 Å². The standard InChI is InChI=1S/C15H14O2S/c1-10-7-8-12(15(16)17)14(9-10)18-13-6-4-3-5-11(13)2/h3-9H,1-2H3,(H,16,17). The fourth-order valence-electron chi connectivity index (χ4n) is 1.68. The number of aromatic carboxylic acids is 1. The second-order valence-electron chi connectivity index (χ2n) is 4.17. The Morgan fingerprint density at radius 3 is 2.44 bits per heavy atom. The predicted molar refractivity (Wildman–Crippen MR) is 73.4 cm³/mol. The second-order valence-corrected chi connectivity index (χ2v) is 5.26. The van der Waals surface area contributed by atoms with Crippen LogP contribution in [0.25, 0.3) is 0 Å². The Labute approximate surface area is 111 Å². The van der Waals surface area contributed by atoms with E-state index in [4.69, 9.17) is 0 Å². The number of hydrogen-bond donors (Lipinski definition) is 1. The number of rotatable bonds is 3. The maximum Gasteiger partial charge on any atom is 0.336 e. The minimum Gasteiger partial charge on any atom is -0.478 e. The van der Waals surface area contributed by atoms with Gasteiger partial charge in [-0.05, 0) is 43.2 Å². The first-order valence-electron chi connectivity index (χ1n) is 5.65. The summed E-state index contributed by atoms with van der Waals surface area (Å²) in [4.78, 5) is 13.1. The Morgan fingerprint density at radius 1 is 1.06 bits per heavy atom. The molecule has 0 atom stereocenters. The van der Waals surface area contributed by atoms with Crippen LogP contribution in [0.2, 0.25) is 0 Å². The quantitative estimate of drug-likeness (QED) is 0.898. The van der Waals surface area contributed by atoms with Gasteiger partial charge in [0.15, 0.2) is 0 Å². The van der Waals surface area contributed by atoms with Gasteiger partial charge in [0.1, 0.15) is 0 Å². The molecule has 18 heavy (non-hydrogen) atoms. The van der Waals surface area contributed by atoms with E-state index in [2.05, 4.69) is 0 Å². The van der Waals surface area contributed by atoms with E-state index in [9.17, 15) is 9.90 Å². The van der Waals surface area contributed by atoms with Crippen LogP contribution in [-0.4, -0.2) is 11.1 Å². The van der Waals surface area contributed by atoms with Gasteiger partial charge < -0.3 is 5.11 Å². The van der Waals surface area contributed by atoms with Gasteiger partial charge in [0.25, 0.3) is 0 Å². The van der Waals surface area contributed by atoms with E-state index in [1.807, 2.05) is 50.2 Å². The third-order valence-electron chi connectivity index (χ3n) is 2.68. The normalized spacial score (nSPS) is 10.3. The highest BCUT2D eigenvalue weighted by Crippen LogP contribution is 2.33. The Morgan fingerprint density at radius 2 is 1.78 bits per heavy atom. The Balaban J connectivity index is 2.42. The van der Waals surface area contributed by atoms with Gasteiger partial charge in [-0.3, -0.25) is 0 Å². The molecule has 2 nitrogen and oxygen atoms in total. The molecule has 3 heteroatoms. The third-order valence-corrected chi connectivity index (χ3v) is 3.92. The third kappa shape index (κ3) is 2.74. The van der Waals surface area contributed by atoms with Crippen molar-refractivity contribution in [3.8, 4) is 0 Å². The zero-order valence-electron chi connectivity index (χ0n) is 10.3. The summed E-state index contributed by atoms with van der Waals surface area (Å²) in [6, 6.07) is 13.4. The van der Waals surface area contributed by atoms with Crippen molar-refractivity contribution in [2.24, 2.45) is 0 Å². The van der Waals surface area contributed by atoms with Crippen LogP contribution >= 0.6 is 11.8 Å². The van der Waals surface area contributed by atoms with E-state index in [1.54, 1.807) is 6.07 Å². The summed E-state index contributed by atoms with van der Waals surface area (Å²) in [7, 11) is 0. The summed E-state index contributed by atoms with van der Waals surface area (Å²) in [6.45, 7) is 3.99. The number of carboxylic acid groups (broad SMARTS) is 1. The fraction of sp³-hybridized carbons (Fsp3) is 0.133. The van der Waals surface area contributed by atoms with Crippen molar-refractivity contribution in [1.82, 2.24) is 0 Å². The molecule has 2 rings (SSSR count). The summed E-state index contributed by atoms with van der Waals surface area (Å²) >= 11 is 1.50.